The van der Waals surface area contributed by atoms with Gasteiger partial charge in [-0.25, -0.2) is 4.98 Å². The molecule has 2 fully saturated rings. The molecule has 1 amide bonds. The van der Waals surface area contributed by atoms with Crippen molar-refractivity contribution in [3.63, 3.8) is 0 Å². The predicted molar refractivity (Wildman–Crippen MR) is 79.5 cm³/mol. The van der Waals surface area contributed by atoms with E-state index >= 15 is 0 Å². The van der Waals surface area contributed by atoms with Crippen molar-refractivity contribution < 1.29 is 4.79 Å². The van der Waals surface area contributed by atoms with Crippen LogP contribution in [0.3, 0.4) is 0 Å². The van der Waals surface area contributed by atoms with E-state index in [1.54, 1.807) is 12.1 Å². The summed E-state index contributed by atoms with van der Waals surface area (Å²) in [6.07, 6.45) is 5.30. The van der Waals surface area contributed by atoms with Crippen molar-refractivity contribution in [1.29, 1.82) is 0 Å². The van der Waals surface area contributed by atoms with Crippen molar-refractivity contribution in [1.82, 2.24) is 10.3 Å². The van der Waals surface area contributed by atoms with Gasteiger partial charge < -0.3 is 11.1 Å². The van der Waals surface area contributed by atoms with Gasteiger partial charge in [0.1, 0.15) is 11.0 Å². The zero-order valence-corrected chi connectivity index (χ0v) is 12.4. The van der Waals surface area contributed by atoms with Gasteiger partial charge in [0.25, 0.3) is 5.91 Å². The molecule has 2 aliphatic carbocycles. The van der Waals surface area contributed by atoms with Gasteiger partial charge in [-0.05, 0) is 56.1 Å². The van der Waals surface area contributed by atoms with Crippen LogP contribution in [-0.2, 0) is 0 Å². The standard InChI is InChI=1S/C15H20ClN3O/c1-8(12-5-9-2-3-10(12)4-9)18-15(20)11-6-13(16)19-14(17)7-11/h6-10,12H,2-5H2,1H3,(H2,17,19)(H,18,20). The van der Waals surface area contributed by atoms with Crippen molar-refractivity contribution >= 4 is 23.3 Å². The average Bonchev–Trinajstić information content (AvgIpc) is 2.99. The third-order valence-corrected chi connectivity index (χ3v) is 5.06. The first-order chi connectivity index (χ1) is 9.52. The number of fused-ring (bicyclic) bond motifs is 2. The molecule has 2 aliphatic rings. The number of nitrogen functional groups attached to an aromatic ring is 1. The number of carbonyl (C=O) groups is 1. The quantitative estimate of drug-likeness (QED) is 0.842. The van der Waals surface area contributed by atoms with E-state index in [1.807, 2.05) is 0 Å². The number of anilines is 1. The van der Waals surface area contributed by atoms with Gasteiger partial charge in [0.2, 0.25) is 0 Å². The molecule has 0 spiro atoms. The molecule has 1 heterocycles. The number of amides is 1. The van der Waals surface area contributed by atoms with Crippen molar-refractivity contribution in [3.8, 4) is 0 Å². The first-order valence-corrected chi connectivity index (χ1v) is 7.64. The van der Waals surface area contributed by atoms with E-state index < -0.39 is 0 Å². The van der Waals surface area contributed by atoms with Crippen LogP contribution in [-0.4, -0.2) is 16.9 Å². The number of pyridine rings is 1. The summed E-state index contributed by atoms with van der Waals surface area (Å²) in [5, 5.41) is 3.35. The maximum Gasteiger partial charge on any atom is 0.251 e. The number of rotatable bonds is 3. The van der Waals surface area contributed by atoms with E-state index in [9.17, 15) is 4.79 Å². The van der Waals surface area contributed by atoms with E-state index in [2.05, 4.69) is 17.2 Å². The Morgan fingerprint density at radius 2 is 2.25 bits per heavy atom. The number of nitrogens with two attached hydrogens (primary N) is 1. The second-order valence-electron chi connectivity index (χ2n) is 6.20. The maximum absolute atomic E-state index is 12.3. The molecule has 4 atom stereocenters. The first-order valence-electron chi connectivity index (χ1n) is 7.27. The van der Waals surface area contributed by atoms with Gasteiger partial charge in [-0.1, -0.05) is 18.0 Å². The Bertz CT molecular complexity index is 514. The number of hydrogen-bond acceptors (Lipinski definition) is 3. The largest absolute Gasteiger partial charge is 0.384 e. The molecule has 5 heteroatoms. The highest BCUT2D eigenvalue weighted by atomic mass is 35.5. The molecule has 1 aromatic heterocycles. The predicted octanol–water partition coefficient (Wildman–Crippen LogP) is 2.87. The summed E-state index contributed by atoms with van der Waals surface area (Å²) in [7, 11) is 0. The van der Waals surface area contributed by atoms with Gasteiger partial charge in [0.15, 0.2) is 0 Å². The molecule has 4 nitrogen and oxygen atoms in total. The number of halogens is 1. The van der Waals surface area contributed by atoms with E-state index in [1.165, 1.54) is 25.7 Å². The lowest BCUT2D eigenvalue weighted by Crippen LogP contribution is -2.40. The Morgan fingerprint density at radius 3 is 2.85 bits per heavy atom. The molecular formula is C15H20ClN3O. The van der Waals surface area contributed by atoms with Crippen molar-refractivity contribution in [3.05, 3.63) is 22.8 Å². The van der Waals surface area contributed by atoms with Crippen LogP contribution in [0.25, 0.3) is 0 Å². The van der Waals surface area contributed by atoms with Gasteiger partial charge in [-0.15, -0.1) is 0 Å². The fourth-order valence-electron chi connectivity index (χ4n) is 3.95. The summed E-state index contributed by atoms with van der Waals surface area (Å²) in [4.78, 5) is 16.1. The molecule has 4 unspecified atom stereocenters. The van der Waals surface area contributed by atoms with E-state index in [0.29, 0.717) is 11.5 Å². The smallest absolute Gasteiger partial charge is 0.251 e. The minimum atomic E-state index is -0.115. The molecule has 0 saturated heterocycles. The van der Waals surface area contributed by atoms with Crippen LogP contribution in [0.2, 0.25) is 5.15 Å². The molecule has 0 aliphatic heterocycles. The van der Waals surface area contributed by atoms with Gasteiger partial charge in [-0.3, -0.25) is 4.79 Å². The molecule has 3 N–H and O–H groups in total. The maximum atomic E-state index is 12.3. The summed E-state index contributed by atoms with van der Waals surface area (Å²) in [6.45, 7) is 2.11. The second kappa shape index (κ2) is 5.24. The second-order valence-corrected chi connectivity index (χ2v) is 6.59. The Balaban J connectivity index is 1.66. The molecule has 20 heavy (non-hydrogen) atoms. The van der Waals surface area contributed by atoms with Crippen LogP contribution in [0.5, 0.6) is 0 Å². The molecule has 1 aromatic rings. The number of hydrogen-bond donors (Lipinski definition) is 2. The Labute approximate surface area is 124 Å². The lowest BCUT2D eigenvalue weighted by molar-refractivity contribution is 0.0915. The highest BCUT2D eigenvalue weighted by Gasteiger charge is 2.42. The summed E-state index contributed by atoms with van der Waals surface area (Å²) in [5.74, 6) is 2.45. The lowest BCUT2D eigenvalue weighted by Gasteiger charge is -2.28. The van der Waals surface area contributed by atoms with Crippen LogP contribution in [0.15, 0.2) is 12.1 Å². The van der Waals surface area contributed by atoms with E-state index in [4.69, 9.17) is 17.3 Å². The van der Waals surface area contributed by atoms with E-state index in [-0.39, 0.29) is 22.9 Å². The third kappa shape index (κ3) is 2.62. The van der Waals surface area contributed by atoms with Crippen LogP contribution in [0.1, 0.15) is 43.0 Å². The molecule has 3 rings (SSSR count). The summed E-state index contributed by atoms with van der Waals surface area (Å²) in [6, 6.07) is 3.32. The van der Waals surface area contributed by atoms with Crippen molar-refractivity contribution in [2.75, 3.05) is 5.73 Å². The Kier molecular flexibility index (Phi) is 3.59. The van der Waals surface area contributed by atoms with Gasteiger partial charge in [0.05, 0.1) is 0 Å². The van der Waals surface area contributed by atoms with Crippen molar-refractivity contribution in [2.24, 2.45) is 17.8 Å². The number of nitrogens with zero attached hydrogens (tertiary/aromatic N) is 1. The zero-order chi connectivity index (χ0) is 14.3. The van der Waals surface area contributed by atoms with Crippen molar-refractivity contribution in [2.45, 2.75) is 38.6 Å². The Hall–Kier alpha value is -1.29. The molecule has 0 radical (unpaired) electrons. The minimum absolute atomic E-state index is 0.115. The highest BCUT2D eigenvalue weighted by molar-refractivity contribution is 6.29. The van der Waals surface area contributed by atoms with E-state index in [0.717, 1.165) is 11.8 Å². The average molecular weight is 294 g/mol. The third-order valence-electron chi connectivity index (χ3n) is 4.87. The fourth-order valence-corrected chi connectivity index (χ4v) is 4.17. The highest BCUT2D eigenvalue weighted by Crippen LogP contribution is 2.49. The van der Waals surface area contributed by atoms with Crippen LogP contribution in [0, 0.1) is 17.8 Å². The minimum Gasteiger partial charge on any atom is -0.384 e. The summed E-state index contributed by atoms with van der Waals surface area (Å²) in [5.41, 5.74) is 6.11. The van der Waals surface area contributed by atoms with Gasteiger partial charge in [-0.2, -0.15) is 0 Å². The van der Waals surface area contributed by atoms with Crippen LogP contribution < -0.4 is 11.1 Å². The lowest BCUT2D eigenvalue weighted by atomic mass is 9.84. The van der Waals surface area contributed by atoms with Gasteiger partial charge in [0, 0.05) is 11.6 Å². The number of aromatic nitrogens is 1. The topological polar surface area (TPSA) is 68.0 Å². The monoisotopic (exact) mass is 293 g/mol. The van der Waals surface area contributed by atoms with Gasteiger partial charge >= 0.3 is 0 Å². The summed E-state index contributed by atoms with van der Waals surface area (Å²) < 4.78 is 0. The summed E-state index contributed by atoms with van der Waals surface area (Å²) >= 11 is 5.84. The molecule has 2 saturated carbocycles. The first kappa shape index (κ1) is 13.7. The molecule has 2 bridgehead atoms. The molecule has 0 aromatic carbocycles. The molecule has 108 valence electrons. The zero-order valence-electron chi connectivity index (χ0n) is 11.6. The Morgan fingerprint density at radius 1 is 1.45 bits per heavy atom. The number of nitrogens with one attached hydrogen (secondary N) is 1. The SMILES string of the molecule is CC(NC(=O)c1cc(N)nc(Cl)c1)C1CC2CCC1C2. The number of carbonyl (C=O) groups excluding carboxylic acids is 1. The van der Waals surface area contributed by atoms with Crippen LogP contribution >= 0.6 is 11.6 Å². The molecular weight excluding hydrogens is 274 g/mol. The normalized spacial score (nSPS) is 29.4. The fraction of sp³-hybridized carbons (Fsp3) is 0.600. The van der Waals surface area contributed by atoms with Crippen LogP contribution in [0.4, 0.5) is 5.82 Å².